The second-order valence-corrected chi connectivity index (χ2v) is 10.1. The van der Waals surface area contributed by atoms with Crippen molar-refractivity contribution in [1.29, 1.82) is 0 Å². The van der Waals surface area contributed by atoms with E-state index in [0.717, 1.165) is 24.8 Å². The van der Waals surface area contributed by atoms with Crippen LogP contribution in [0.3, 0.4) is 0 Å². The predicted octanol–water partition coefficient (Wildman–Crippen LogP) is 5.23. The quantitative estimate of drug-likeness (QED) is 0.121. The molecular weight excluding hydrogens is 519 g/mol. The Hall–Kier alpha value is -3.35. The highest BCUT2D eigenvalue weighted by Crippen LogP contribution is 2.30. The third kappa shape index (κ3) is 6.14. The van der Waals surface area contributed by atoms with Crippen LogP contribution in [0.5, 0.6) is 0 Å². The number of carbonyl (C=O) groups excluding carboxylic acids is 1. The third-order valence-electron chi connectivity index (χ3n) is 5.64. The zero-order valence-electron chi connectivity index (χ0n) is 19.6. The van der Waals surface area contributed by atoms with Crippen LogP contribution in [0.4, 0.5) is 22.0 Å². The van der Waals surface area contributed by atoms with E-state index in [0.29, 0.717) is 9.87 Å². The number of halogens is 5. The number of hydrogen-bond donors (Lipinski definition) is 2. The van der Waals surface area contributed by atoms with Crippen LogP contribution < -0.4 is 5.48 Å². The number of unbranched alkanes of at least 4 members (excludes halogenated alkanes) is 1. The zero-order chi connectivity index (χ0) is 27.3. The van der Waals surface area contributed by atoms with Gasteiger partial charge in [0.05, 0.1) is 0 Å². The maximum absolute atomic E-state index is 14.5. The van der Waals surface area contributed by atoms with Crippen molar-refractivity contribution in [3.05, 3.63) is 99.9 Å². The minimum atomic E-state index is -5.26. The van der Waals surface area contributed by atoms with E-state index in [9.17, 15) is 35.2 Å². The normalized spacial score (nSPS) is 11.7. The molecular formula is C25H23F5N2O4S. The molecule has 3 aromatic rings. The van der Waals surface area contributed by atoms with Crippen LogP contribution in [0.1, 0.15) is 46.8 Å². The Morgan fingerprint density at radius 3 is 1.68 bits per heavy atom. The second kappa shape index (κ2) is 11.8. The van der Waals surface area contributed by atoms with Gasteiger partial charge in [-0.15, -0.1) is 0 Å². The molecule has 3 rings (SSSR count). The SMILES string of the molecule is CCCCc1ccc(CN(Cc2ccc(C(=O)NO)cc2)S(=O)(=O)c2c(F)c(F)c(F)c(F)c2F)cc1. The molecule has 3 aromatic carbocycles. The molecule has 6 nitrogen and oxygen atoms in total. The van der Waals surface area contributed by atoms with E-state index in [-0.39, 0.29) is 11.1 Å². The molecule has 0 saturated carbocycles. The number of rotatable bonds is 10. The summed E-state index contributed by atoms with van der Waals surface area (Å²) >= 11 is 0. The van der Waals surface area contributed by atoms with Gasteiger partial charge < -0.3 is 0 Å². The average molecular weight is 543 g/mol. The number of amides is 1. The van der Waals surface area contributed by atoms with Crippen molar-refractivity contribution in [1.82, 2.24) is 9.79 Å². The Labute approximate surface area is 210 Å². The number of hydroxylamine groups is 1. The summed E-state index contributed by atoms with van der Waals surface area (Å²) in [6, 6.07) is 11.9. The topological polar surface area (TPSA) is 86.7 Å². The fourth-order valence-electron chi connectivity index (χ4n) is 3.59. The Kier molecular flexibility index (Phi) is 9.00. The summed E-state index contributed by atoms with van der Waals surface area (Å²) in [5.41, 5.74) is 3.09. The third-order valence-corrected chi connectivity index (χ3v) is 7.46. The lowest BCUT2D eigenvalue weighted by atomic mass is 10.1. The number of nitrogens with one attached hydrogen (secondary N) is 1. The van der Waals surface area contributed by atoms with Gasteiger partial charge in [0.1, 0.15) is 0 Å². The van der Waals surface area contributed by atoms with Crippen LogP contribution >= 0.6 is 0 Å². The summed E-state index contributed by atoms with van der Waals surface area (Å²) in [5.74, 6) is -13.0. The van der Waals surface area contributed by atoms with Crippen LogP contribution in [0, 0.1) is 29.1 Å². The number of carbonyl (C=O) groups is 1. The maximum atomic E-state index is 14.5. The first-order chi connectivity index (χ1) is 17.5. The molecule has 1 amide bonds. The molecule has 37 heavy (non-hydrogen) atoms. The van der Waals surface area contributed by atoms with Gasteiger partial charge in [0.25, 0.3) is 5.91 Å². The molecule has 0 aliphatic heterocycles. The van der Waals surface area contributed by atoms with Crippen molar-refractivity contribution in [3.63, 3.8) is 0 Å². The fourth-order valence-corrected chi connectivity index (χ4v) is 5.12. The smallest absolute Gasteiger partial charge is 0.274 e. The first-order valence-corrected chi connectivity index (χ1v) is 12.6. The van der Waals surface area contributed by atoms with E-state index in [1.54, 1.807) is 24.3 Å². The number of hydrogen-bond acceptors (Lipinski definition) is 4. The molecule has 0 aromatic heterocycles. The number of benzene rings is 3. The van der Waals surface area contributed by atoms with Crippen molar-refractivity contribution < 1.29 is 40.4 Å². The van der Waals surface area contributed by atoms with Gasteiger partial charge in [-0.2, -0.15) is 4.31 Å². The monoisotopic (exact) mass is 542 g/mol. The van der Waals surface area contributed by atoms with Gasteiger partial charge in [-0.05, 0) is 41.7 Å². The van der Waals surface area contributed by atoms with Gasteiger partial charge in [0, 0.05) is 18.7 Å². The summed E-state index contributed by atoms with van der Waals surface area (Å²) in [6.45, 7) is 1.05. The van der Waals surface area contributed by atoms with E-state index >= 15 is 0 Å². The molecule has 0 atom stereocenters. The molecule has 0 saturated heterocycles. The predicted molar refractivity (Wildman–Crippen MR) is 123 cm³/mol. The van der Waals surface area contributed by atoms with Crippen molar-refractivity contribution in [2.75, 3.05) is 0 Å². The Morgan fingerprint density at radius 1 is 0.784 bits per heavy atom. The molecule has 0 heterocycles. The molecule has 0 aliphatic carbocycles. The van der Waals surface area contributed by atoms with Gasteiger partial charge in [-0.25, -0.2) is 35.8 Å². The molecule has 12 heteroatoms. The minimum Gasteiger partial charge on any atom is -0.288 e. The van der Waals surface area contributed by atoms with Crippen molar-refractivity contribution in [2.24, 2.45) is 0 Å². The van der Waals surface area contributed by atoms with E-state index in [2.05, 4.69) is 0 Å². The summed E-state index contributed by atoms with van der Waals surface area (Å²) in [4.78, 5) is 9.58. The maximum Gasteiger partial charge on any atom is 0.274 e. The standard InChI is InChI=1S/C25H23F5N2O4S/c1-2-3-4-15-5-7-16(8-6-15)13-32(14-17-9-11-18(12-10-17)25(33)31-34)37(35,36)24-22(29)20(27)19(26)21(28)23(24)30/h5-12,34H,2-4,13-14H2,1H3,(H,31,33). The van der Waals surface area contributed by atoms with E-state index in [1.807, 2.05) is 6.92 Å². The second-order valence-electron chi connectivity index (χ2n) is 8.23. The Balaban J connectivity index is 2.05. The lowest BCUT2D eigenvalue weighted by Crippen LogP contribution is -2.32. The molecule has 2 N–H and O–H groups in total. The molecule has 0 spiro atoms. The lowest BCUT2D eigenvalue weighted by molar-refractivity contribution is 0.0706. The van der Waals surface area contributed by atoms with Crippen molar-refractivity contribution >= 4 is 15.9 Å². The first kappa shape index (κ1) is 28.2. The van der Waals surface area contributed by atoms with Gasteiger partial charge in [-0.1, -0.05) is 49.7 Å². The minimum absolute atomic E-state index is 0.0306. The largest absolute Gasteiger partial charge is 0.288 e. The summed E-state index contributed by atoms with van der Waals surface area (Å²) < 4.78 is 97.5. The number of aryl methyl sites for hydroxylation is 1. The average Bonchev–Trinajstić information content (AvgIpc) is 2.89. The van der Waals surface area contributed by atoms with E-state index in [1.165, 1.54) is 29.7 Å². The molecule has 0 unspecified atom stereocenters. The highest BCUT2D eigenvalue weighted by Gasteiger charge is 2.37. The van der Waals surface area contributed by atoms with E-state index in [4.69, 9.17) is 5.21 Å². The highest BCUT2D eigenvalue weighted by atomic mass is 32.2. The van der Waals surface area contributed by atoms with Crippen LogP contribution in [-0.2, 0) is 29.5 Å². The molecule has 0 fully saturated rings. The van der Waals surface area contributed by atoms with Gasteiger partial charge in [0.15, 0.2) is 28.2 Å². The lowest BCUT2D eigenvalue weighted by Gasteiger charge is -2.23. The van der Waals surface area contributed by atoms with Crippen LogP contribution in [0.2, 0.25) is 0 Å². The molecule has 0 radical (unpaired) electrons. The summed E-state index contributed by atoms with van der Waals surface area (Å²) in [7, 11) is -5.26. The zero-order valence-corrected chi connectivity index (χ0v) is 20.4. The summed E-state index contributed by atoms with van der Waals surface area (Å²) in [5, 5.41) is 8.74. The Morgan fingerprint density at radius 2 is 1.22 bits per heavy atom. The number of nitrogens with zero attached hydrogens (tertiary/aromatic N) is 1. The molecule has 0 bridgehead atoms. The molecule has 198 valence electrons. The molecule has 0 aliphatic rings. The van der Waals surface area contributed by atoms with E-state index < -0.39 is 63.0 Å². The van der Waals surface area contributed by atoms with Gasteiger partial charge >= 0.3 is 0 Å². The first-order valence-electron chi connectivity index (χ1n) is 11.1. The van der Waals surface area contributed by atoms with Crippen molar-refractivity contribution in [3.8, 4) is 0 Å². The Bertz CT molecular complexity index is 1350. The van der Waals surface area contributed by atoms with Crippen LogP contribution in [-0.4, -0.2) is 23.8 Å². The number of sulfonamides is 1. The van der Waals surface area contributed by atoms with Crippen LogP contribution in [0.25, 0.3) is 0 Å². The van der Waals surface area contributed by atoms with Gasteiger partial charge in [-0.3, -0.25) is 10.0 Å². The van der Waals surface area contributed by atoms with Crippen molar-refractivity contribution in [2.45, 2.75) is 44.2 Å². The summed E-state index contributed by atoms with van der Waals surface area (Å²) in [6.07, 6.45) is 2.69. The highest BCUT2D eigenvalue weighted by molar-refractivity contribution is 7.89. The fraction of sp³-hybridized carbons (Fsp3) is 0.240. The van der Waals surface area contributed by atoms with Gasteiger partial charge in [0.2, 0.25) is 15.8 Å². The van der Waals surface area contributed by atoms with Crippen LogP contribution in [0.15, 0.2) is 53.4 Å².